The van der Waals surface area contributed by atoms with Crippen molar-refractivity contribution in [2.75, 3.05) is 6.61 Å². The Morgan fingerprint density at radius 2 is 1.42 bits per heavy atom. The summed E-state index contributed by atoms with van der Waals surface area (Å²) in [6.45, 7) is -3.69. The van der Waals surface area contributed by atoms with Gasteiger partial charge in [0.1, 0.15) is 18.5 Å². The fourth-order valence-corrected chi connectivity index (χ4v) is 3.15. The molecule has 1 aromatic carbocycles. The first-order valence-electron chi connectivity index (χ1n) is 11.5. The maximum Gasteiger partial charge on any atom is 0.303 e. The summed E-state index contributed by atoms with van der Waals surface area (Å²) >= 11 is 2.07. The number of ether oxygens (including phenoxy) is 6. The van der Waals surface area contributed by atoms with Gasteiger partial charge in [-0.1, -0.05) is 0 Å². The fraction of sp³-hybridized carbons (Fsp3) is 0.500. The minimum absolute atomic E-state index is 0.261. The van der Waals surface area contributed by atoms with E-state index in [2.05, 4.69) is 22.6 Å². The highest BCUT2D eigenvalue weighted by Gasteiger charge is 2.53. The lowest BCUT2D eigenvalue weighted by Gasteiger charge is -2.43. The normalized spacial score (nSPS) is 26.8. The summed E-state index contributed by atoms with van der Waals surface area (Å²) in [6, 6.07) is 6.60. The van der Waals surface area contributed by atoms with E-state index in [4.69, 9.17) is 33.9 Å². The van der Waals surface area contributed by atoms with Gasteiger partial charge in [0.2, 0.25) is 12.4 Å². The SMILES string of the molecule is [2H]CC(=O)OC[C@H]1OC(Oc2ccc(I)cc2)[C@@H](OC(=O)C[2H])[C@@H](OC(=O)C[2H])[C@@H]1OC(=O)C[2H]. The van der Waals surface area contributed by atoms with Crippen molar-refractivity contribution in [3.63, 3.8) is 0 Å². The molecular formula is C20H23IO10. The molecule has 1 aliphatic heterocycles. The third-order valence-corrected chi connectivity index (χ3v) is 4.59. The predicted octanol–water partition coefficient (Wildman–Crippen LogP) is 1.75. The molecule has 31 heavy (non-hydrogen) atoms. The van der Waals surface area contributed by atoms with Gasteiger partial charge in [-0.3, -0.25) is 19.2 Å². The molecule has 11 heteroatoms. The van der Waals surface area contributed by atoms with Gasteiger partial charge in [0.25, 0.3) is 0 Å². The lowest BCUT2D eigenvalue weighted by molar-refractivity contribution is -0.288. The summed E-state index contributed by atoms with van der Waals surface area (Å²) in [4.78, 5) is 47.6. The Balaban J connectivity index is 2.48. The molecule has 1 saturated heterocycles. The average Bonchev–Trinajstić information content (AvgIpc) is 2.86. The van der Waals surface area contributed by atoms with Crippen LogP contribution in [-0.4, -0.2) is 61.2 Å². The smallest absolute Gasteiger partial charge is 0.303 e. The lowest BCUT2D eigenvalue weighted by atomic mass is 9.98. The molecule has 1 fully saturated rings. The highest BCUT2D eigenvalue weighted by molar-refractivity contribution is 14.1. The van der Waals surface area contributed by atoms with Crippen LogP contribution in [0.4, 0.5) is 0 Å². The predicted molar refractivity (Wildman–Crippen MR) is 112 cm³/mol. The zero-order valence-electron chi connectivity index (χ0n) is 20.2. The molecule has 0 bridgehead atoms. The molecule has 0 N–H and O–H groups in total. The first-order valence-corrected chi connectivity index (χ1v) is 9.78. The summed E-state index contributed by atoms with van der Waals surface area (Å²) < 4.78 is 62.0. The number of benzene rings is 1. The number of rotatable bonds is 7. The average molecular weight is 554 g/mol. The molecule has 1 unspecified atom stereocenters. The molecule has 1 heterocycles. The summed E-state index contributed by atoms with van der Waals surface area (Å²) in [6.07, 6.45) is -7.51. The Kier molecular flexibility index (Phi) is 7.02. The maximum absolute atomic E-state index is 12.0. The van der Waals surface area contributed by atoms with Gasteiger partial charge in [-0.15, -0.1) is 0 Å². The van der Waals surface area contributed by atoms with Gasteiger partial charge in [0.15, 0.2) is 12.2 Å². The van der Waals surface area contributed by atoms with Gasteiger partial charge >= 0.3 is 23.9 Å². The van der Waals surface area contributed by atoms with E-state index < -0.39 is 88.8 Å². The highest BCUT2D eigenvalue weighted by atomic mass is 127. The molecule has 0 aliphatic carbocycles. The van der Waals surface area contributed by atoms with E-state index in [0.717, 1.165) is 3.57 Å². The fourth-order valence-electron chi connectivity index (χ4n) is 2.79. The first-order chi connectivity index (χ1) is 16.7. The summed E-state index contributed by atoms with van der Waals surface area (Å²) in [5.74, 6) is -3.81. The van der Waals surface area contributed by atoms with Crippen LogP contribution in [0.2, 0.25) is 0 Å². The van der Waals surface area contributed by atoms with Crippen molar-refractivity contribution in [3.05, 3.63) is 27.8 Å². The van der Waals surface area contributed by atoms with Crippen LogP contribution in [0, 0.1) is 3.57 Å². The zero-order valence-corrected chi connectivity index (χ0v) is 18.3. The Hall–Kier alpha value is -2.41. The van der Waals surface area contributed by atoms with Crippen molar-refractivity contribution in [2.45, 2.75) is 58.3 Å². The van der Waals surface area contributed by atoms with Crippen molar-refractivity contribution < 1.29 is 53.1 Å². The van der Waals surface area contributed by atoms with Crippen LogP contribution in [0.5, 0.6) is 5.75 Å². The van der Waals surface area contributed by atoms with Crippen molar-refractivity contribution in [1.29, 1.82) is 0 Å². The topological polar surface area (TPSA) is 124 Å². The molecule has 1 aliphatic rings. The van der Waals surface area contributed by atoms with Crippen molar-refractivity contribution >= 4 is 46.5 Å². The molecule has 2 rings (SSSR count). The second-order valence-corrected chi connectivity index (χ2v) is 7.41. The van der Waals surface area contributed by atoms with Crippen LogP contribution in [-0.2, 0) is 42.9 Å². The van der Waals surface area contributed by atoms with Crippen LogP contribution in [0.25, 0.3) is 0 Å². The largest absolute Gasteiger partial charge is 0.463 e. The van der Waals surface area contributed by atoms with Crippen LogP contribution >= 0.6 is 22.6 Å². The monoisotopic (exact) mass is 554 g/mol. The third-order valence-electron chi connectivity index (χ3n) is 3.87. The molecular weight excluding hydrogens is 527 g/mol. The molecule has 170 valence electrons. The first kappa shape index (κ1) is 19.3. The van der Waals surface area contributed by atoms with Gasteiger partial charge in [0, 0.05) is 36.7 Å². The lowest BCUT2D eigenvalue weighted by Crippen LogP contribution is -2.63. The van der Waals surface area contributed by atoms with Crippen molar-refractivity contribution in [2.24, 2.45) is 0 Å². The van der Waals surface area contributed by atoms with Crippen LogP contribution < -0.4 is 4.74 Å². The third kappa shape index (κ3) is 7.65. The van der Waals surface area contributed by atoms with E-state index in [-0.39, 0.29) is 5.75 Å². The van der Waals surface area contributed by atoms with E-state index in [1.165, 1.54) is 0 Å². The second kappa shape index (κ2) is 11.3. The summed E-state index contributed by atoms with van der Waals surface area (Å²) in [5.41, 5.74) is 0. The van der Waals surface area contributed by atoms with Gasteiger partial charge < -0.3 is 28.4 Å². The number of hydrogen-bond donors (Lipinski definition) is 0. The van der Waals surface area contributed by atoms with Crippen LogP contribution in [0.15, 0.2) is 24.3 Å². The maximum atomic E-state index is 12.0. The Bertz CT molecular complexity index is 887. The van der Waals surface area contributed by atoms with Crippen molar-refractivity contribution in [1.82, 2.24) is 0 Å². The quantitative estimate of drug-likeness (QED) is 0.280. The van der Waals surface area contributed by atoms with Crippen molar-refractivity contribution in [3.8, 4) is 5.75 Å². The molecule has 0 saturated carbocycles. The van der Waals surface area contributed by atoms with E-state index in [0.29, 0.717) is 0 Å². The number of hydrogen-bond acceptors (Lipinski definition) is 10. The minimum atomic E-state index is -1.60. The number of esters is 4. The standard InChI is InChI=1S/C20H23IO10/c1-10(22)26-9-16-17(27-11(2)23)18(28-12(3)24)19(29-13(4)25)20(31-16)30-15-7-5-14(21)6-8-15/h5-8,16-20H,9H2,1-4H3/t16-,17-,18+,19+,20?/m1/s1/i1D,2D,3D,4D. The van der Waals surface area contributed by atoms with Crippen LogP contribution in [0.3, 0.4) is 0 Å². The van der Waals surface area contributed by atoms with Gasteiger partial charge in [0.05, 0.1) is 0 Å². The molecule has 5 atom stereocenters. The highest BCUT2D eigenvalue weighted by Crippen LogP contribution is 2.31. The van der Waals surface area contributed by atoms with E-state index in [1.54, 1.807) is 24.3 Å². The Labute approximate surface area is 198 Å². The minimum Gasteiger partial charge on any atom is -0.463 e. The molecule has 1 aromatic rings. The number of carbonyl (C=O) groups excluding carboxylic acids is 4. The molecule has 0 aromatic heterocycles. The van der Waals surface area contributed by atoms with Gasteiger partial charge in [-0.2, -0.15) is 0 Å². The molecule has 0 radical (unpaired) electrons. The second-order valence-electron chi connectivity index (χ2n) is 6.16. The molecule has 0 amide bonds. The summed E-state index contributed by atoms with van der Waals surface area (Å²) in [7, 11) is 0. The number of halogens is 1. The van der Waals surface area contributed by atoms with Gasteiger partial charge in [-0.25, -0.2) is 0 Å². The summed E-state index contributed by atoms with van der Waals surface area (Å²) in [5, 5.41) is 0. The Morgan fingerprint density at radius 1 is 0.871 bits per heavy atom. The molecule has 0 spiro atoms. The zero-order chi connectivity index (χ0) is 26.0. The van der Waals surface area contributed by atoms with Gasteiger partial charge in [-0.05, 0) is 46.9 Å². The van der Waals surface area contributed by atoms with E-state index >= 15 is 0 Å². The van der Waals surface area contributed by atoms with E-state index in [9.17, 15) is 19.2 Å². The molecule has 10 nitrogen and oxygen atoms in total. The number of carbonyl (C=O) groups is 4. The van der Waals surface area contributed by atoms with Crippen LogP contribution in [0.1, 0.15) is 33.1 Å². The Morgan fingerprint density at radius 3 is 2.00 bits per heavy atom. The van der Waals surface area contributed by atoms with E-state index in [1.807, 2.05) is 0 Å².